The predicted molar refractivity (Wildman–Crippen MR) is 70.7 cm³/mol. The third-order valence-electron chi connectivity index (χ3n) is 2.54. The van der Waals surface area contributed by atoms with Gasteiger partial charge in [0.25, 0.3) is 0 Å². The van der Waals surface area contributed by atoms with Gasteiger partial charge in [-0.25, -0.2) is 0 Å². The first-order chi connectivity index (χ1) is 8.22. The Bertz CT molecular complexity index is 313. The second-order valence-corrected chi connectivity index (χ2v) is 4.74. The van der Waals surface area contributed by atoms with E-state index in [0.29, 0.717) is 6.61 Å². The fourth-order valence-electron chi connectivity index (χ4n) is 1.66. The zero-order valence-corrected chi connectivity index (χ0v) is 11.2. The van der Waals surface area contributed by atoms with Crippen LogP contribution in [0.15, 0.2) is 18.2 Å². The van der Waals surface area contributed by atoms with Gasteiger partial charge in [-0.1, -0.05) is 19.9 Å². The molecule has 0 radical (unpaired) electrons. The molecule has 1 rings (SSSR count). The van der Waals surface area contributed by atoms with Gasteiger partial charge in [-0.2, -0.15) is 0 Å². The van der Waals surface area contributed by atoms with E-state index in [0.717, 1.165) is 36.9 Å². The monoisotopic (exact) mass is 236 g/mol. The zero-order valence-electron chi connectivity index (χ0n) is 11.2. The lowest BCUT2D eigenvalue weighted by Crippen LogP contribution is -2.08. The Morgan fingerprint density at radius 3 is 2.76 bits per heavy atom. The van der Waals surface area contributed by atoms with Crippen LogP contribution in [-0.2, 0) is 17.9 Å². The van der Waals surface area contributed by atoms with Crippen molar-refractivity contribution in [2.75, 3.05) is 13.7 Å². The molecular weight excluding hydrogens is 212 g/mol. The molecule has 1 heterocycles. The fourth-order valence-corrected chi connectivity index (χ4v) is 1.66. The van der Waals surface area contributed by atoms with Crippen LogP contribution in [0.1, 0.15) is 38.1 Å². The lowest BCUT2D eigenvalue weighted by atomic mass is 10.1. The van der Waals surface area contributed by atoms with E-state index in [1.165, 1.54) is 6.42 Å². The molecule has 96 valence electrons. The summed E-state index contributed by atoms with van der Waals surface area (Å²) in [5.41, 5.74) is 2.08. The number of hydrogen-bond acceptors (Lipinski definition) is 3. The van der Waals surface area contributed by atoms with Gasteiger partial charge in [0.1, 0.15) is 0 Å². The van der Waals surface area contributed by atoms with Gasteiger partial charge in [-0.3, -0.25) is 4.98 Å². The highest BCUT2D eigenvalue weighted by Crippen LogP contribution is 2.05. The van der Waals surface area contributed by atoms with Gasteiger partial charge in [0.05, 0.1) is 18.0 Å². The summed E-state index contributed by atoms with van der Waals surface area (Å²) in [7, 11) is 1.93. The normalized spacial score (nSPS) is 11.1. The van der Waals surface area contributed by atoms with Crippen molar-refractivity contribution < 1.29 is 4.74 Å². The highest BCUT2D eigenvalue weighted by molar-refractivity contribution is 5.10. The van der Waals surface area contributed by atoms with Crippen LogP contribution in [0.4, 0.5) is 0 Å². The van der Waals surface area contributed by atoms with Crippen molar-refractivity contribution in [2.45, 2.75) is 39.8 Å². The first-order valence-electron chi connectivity index (χ1n) is 6.39. The third kappa shape index (κ3) is 6.39. The van der Waals surface area contributed by atoms with Crippen molar-refractivity contribution in [3.8, 4) is 0 Å². The first kappa shape index (κ1) is 14.1. The second-order valence-electron chi connectivity index (χ2n) is 4.74. The number of ether oxygens (including phenoxy) is 1. The molecule has 0 spiro atoms. The van der Waals surface area contributed by atoms with Gasteiger partial charge in [0.15, 0.2) is 0 Å². The standard InChI is InChI=1S/C14H24N2O/c1-12(2)6-5-9-17-11-14-8-4-7-13(16-14)10-15-3/h4,7-8,12,15H,5-6,9-11H2,1-3H3. The van der Waals surface area contributed by atoms with Crippen LogP contribution in [0, 0.1) is 5.92 Å². The Hall–Kier alpha value is -0.930. The molecule has 1 aromatic rings. The minimum Gasteiger partial charge on any atom is -0.375 e. The van der Waals surface area contributed by atoms with Crippen LogP contribution in [0.2, 0.25) is 0 Å². The molecular formula is C14H24N2O. The van der Waals surface area contributed by atoms with Crippen molar-refractivity contribution in [1.82, 2.24) is 10.3 Å². The highest BCUT2D eigenvalue weighted by atomic mass is 16.5. The molecule has 0 saturated heterocycles. The van der Waals surface area contributed by atoms with Gasteiger partial charge in [-0.05, 0) is 37.9 Å². The first-order valence-corrected chi connectivity index (χ1v) is 6.39. The molecule has 0 bridgehead atoms. The fraction of sp³-hybridized carbons (Fsp3) is 0.643. The molecule has 0 aromatic carbocycles. The zero-order chi connectivity index (χ0) is 12.5. The van der Waals surface area contributed by atoms with Gasteiger partial charge in [0, 0.05) is 13.2 Å². The van der Waals surface area contributed by atoms with Crippen molar-refractivity contribution in [1.29, 1.82) is 0 Å². The molecule has 0 saturated carbocycles. The molecule has 0 unspecified atom stereocenters. The molecule has 0 aliphatic carbocycles. The Balaban J connectivity index is 2.24. The average molecular weight is 236 g/mol. The minimum atomic E-state index is 0.621. The molecule has 3 heteroatoms. The molecule has 0 fully saturated rings. The van der Waals surface area contributed by atoms with E-state index in [1.54, 1.807) is 0 Å². The van der Waals surface area contributed by atoms with E-state index in [-0.39, 0.29) is 0 Å². The van der Waals surface area contributed by atoms with Crippen molar-refractivity contribution in [3.63, 3.8) is 0 Å². The molecule has 3 nitrogen and oxygen atoms in total. The summed E-state index contributed by atoms with van der Waals surface area (Å²) in [5, 5.41) is 3.10. The molecule has 1 aromatic heterocycles. The number of pyridine rings is 1. The average Bonchev–Trinajstić information content (AvgIpc) is 2.29. The lowest BCUT2D eigenvalue weighted by molar-refractivity contribution is 0.112. The molecule has 1 N–H and O–H groups in total. The Labute approximate surface area is 105 Å². The largest absolute Gasteiger partial charge is 0.375 e. The molecule has 0 aliphatic rings. The van der Waals surface area contributed by atoms with Gasteiger partial charge >= 0.3 is 0 Å². The van der Waals surface area contributed by atoms with E-state index in [4.69, 9.17) is 4.74 Å². The maximum absolute atomic E-state index is 5.62. The maximum atomic E-state index is 5.62. The second kappa shape index (κ2) is 8.20. The molecule has 0 atom stereocenters. The van der Waals surface area contributed by atoms with Crippen LogP contribution in [-0.4, -0.2) is 18.6 Å². The van der Waals surface area contributed by atoms with Crippen LogP contribution in [0.5, 0.6) is 0 Å². The number of rotatable bonds is 8. The lowest BCUT2D eigenvalue weighted by Gasteiger charge is -2.07. The van der Waals surface area contributed by atoms with Crippen LogP contribution in [0.25, 0.3) is 0 Å². The summed E-state index contributed by atoms with van der Waals surface area (Å²) in [6.45, 7) is 6.73. The quantitative estimate of drug-likeness (QED) is 0.705. The SMILES string of the molecule is CNCc1cccc(COCCCC(C)C)n1. The summed E-state index contributed by atoms with van der Waals surface area (Å²) in [6.07, 6.45) is 2.36. The van der Waals surface area contributed by atoms with E-state index in [1.807, 2.05) is 25.2 Å². The smallest absolute Gasteiger partial charge is 0.0887 e. The predicted octanol–water partition coefficient (Wildman–Crippen LogP) is 2.75. The van der Waals surface area contributed by atoms with Gasteiger partial charge in [-0.15, -0.1) is 0 Å². The number of aromatic nitrogens is 1. The molecule has 0 amide bonds. The van der Waals surface area contributed by atoms with Crippen molar-refractivity contribution >= 4 is 0 Å². The number of nitrogens with one attached hydrogen (secondary N) is 1. The summed E-state index contributed by atoms with van der Waals surface area (Å²) in [6, 6.07) is 6.08. The molecule has 17 heavy (non-hydrogen) atoms. The van der Waals surface area contributed by atoms with E-state index < -0.39 is 0 Å². The van der Waals surface area contributed by atoms with Gasteiger partial charge < -0.3 is 10.1 Å². The Morgan fingerprint density at radius 1 is 1.29 bits per heavy atom. The summed E-state index contributed by atoms with van der Waals surface area (Å²) in [5.74, 6) is 0.760. The topological polar surface area (TPSA) is 34.1 Å². The number of nitrogens with zero attached hydrogens (tertiary/aromatic N) is 1. The minimum absolute atomic E-state index is 0.621. The van der Waals surface area contributed by atoms with Crippen LogP contribution in [0.3, 0.4) is 0 Å². The van der Waals surface area contributed by atoms with Gasteiger partial charge in [0.2, 0.25) is 0 Å². The number of hydrogen-bond donors (Lipinski definition) is 1. The van der Waals surface area contributed by atoms with Crippen LogP contribution >= 0.6 is 0 Å². The Morgan fingerprint density at radius 2 is 2.06 bits per heavy atom. The van der Waals surface area contributed by atoms with E-state index >= 15 is 0 Å². The summed E-state index contributed by atoms with van der Waals surface area (Å²) >= 11 is 0. The third-order valence-corrected chi connectivity index (χ3v) is 2.54. The van der Waals surface area contributed by atoms with E-state index in [2.05, 4.69) is 24.1 Å². The highest BCUT2D eigenvalue weighted by Gasteiger charge is 1.98. The maximum Gasteiger partial charge on any atom is 0.0887 e. The summed E-state index contributed by atoms with van der Waals surface area (Å²) < 4.78 is 5.62. The van der Waals surface area contributed by atoms with E-state index in [9.17, 15) is 0 Å². The Kier molecular flexibility index (Phi) is 6.82. The van der Waals surface area contributed by atoms with Crippen molar-refractivity contribution in [3.05, 3.63) is 29.6 Å². The molecule has 0 aliphatic heterocycles. The summed E-state index contributed by atoms with van der Waals surface area (Å²) in [4.78, 5) is 4.51. The van der Waals surface area contributed by atoms with Crippen molar-refractivity contribution in [2.24, 2.45) is 5.92 Å². The van der Waals surface area contributed by atoms with Crippen LogP contribution < -0.4 is 5.32 Å².